The number of carbonyl (C=O) groups is 1. The van der Waals surface area contributed by atoms with Crippen molar-refractivity contribution in [2.24, 2.45) is 0 Å². The van der Waals surface area contributed by atoms with Gasteiger partial charge in [-0.3, -0.25) is 4.79 Å². The van der Waals surface area contributed by atoms with Crippen LogP contribution in [0, 0.1) is 11.6 Å². The van der Waals surface area contributed by atoms with Crippen LogP contribution in [-0.2, 0) is 4.79 Å². The Hall–Kier alpha value is -2.28. The van der Waals surface area contributed by atoms with Gasteiger partial charge in [-0.25, -0.2) is 8.78 Å². The minimum Gasteiger partial charge on any atom is -0.486 e. The van der Waals surface area contributed by atoms with E-state index in [4.69, 9.17) is 9.47 Å². The van der Waals surface area contributed by atoms with Crippen LogP contribution in [0.5, 0.6) is 11.5 Å². The number of amides is 1. The Morgan fingerprint density at radius 3 is 2.76 bits per heavy atom. The monoisotopic (exact) mass is 365 g/mol. The summed E-state index contributed by atoms with van der Waals surface area (Å²) in [4.78, 5) is 14.0. The fourth-order valence-corrected chi connectivity index (χ4v) is 3.26. The molecule has 4 nitrogen and oxygen atoms in total. The van der Waals surface area contributed by atoms with Gasteiger partial charge >= 0.3 is 0 Å². The van der Waals surface area contributed by atoms with Crippen LogP contribution in [0.3, 0.4) is 0 Å². The van der Waals surface area contributed by atoms with Crippen molar-refractivity contribution in [3.8, 4) is 11.5 Å². The lowest BCUT2D eigenvalue weighted by molar-refractivity contribution is -0.128. The van der Waals surface area contributed by atoms with Crippen LogP contribution in [0.15, 0.2) is 47.4 Å². The summed E-state index contributed by atoms with van der Waals surface area (Å²) in [7, 11) is 1.66. The van der Waals surface area contributed by atoms with E-state index < -0.39 is 11.6 Å². The molecule has 1 aliphatic rings. The number of fused-ring (bicyclic) bond motifs is 1. The molecule has 1 atom stereocenters. The van der Waals surface area contributed by atoms with Gasteiger partial charge in [0.1, 0.15) is 18.2 Å². The Kier molecular flexibility index (Phi) is 5.43. The molecule has 2 aromatic carbocycles. The minimum atomic E-state index is -0.666. The molecule has 0 fully saturated rings. The molecule has 0 bridgehead atoms. The number of hydrogen-bond acceptors (Lipinski definition) is 4. The van der Waals surface area contributed by atoms with E-state index in [1.54, 1.807) is 7.05 Å². The Morgan fingerprint density at radius 2 is 2.00 bits per heavy atom. The molecule has 132 valence electrons. The summed E-state index contributed by atoms with van der Waals surface area (Å²) in [5.74, 6) is -0.0712. The standard InChI is InChI=1S/C18H17F2NO3S/c1-21(9-13-10-23-15-4-2-3-5-16(15)24-13)18(22)11-25-17-7-6-12(19)8-14(17)20/h2-8,13H,9-11H2,1H3/t13-/m0/s1. The third-order valence-corrected chi connectivity index (χ3v) is 4.75. The molecule has 2 aromatic rings. The number of nitrogens with zero attached hydrogens (tertiary/aromatic N) is 1. The molecule has 0 spiro atoms. The molecule has 0 saturated heterocycles. The van der Waals surface area contributed by atoms with Crippen LogP contribution in [-0.4, -0.2) is 42.9 Å². The highest BCUT2D eigenvalue weighted by Crippen LogP contribution is 2.31. The summed E-state index contributed by atoms with van der Waals surface area (Å²) in [6.07, 6.45) is -0.267. The first-order valence-electron chi connectivity index (χ1n) is 7.73. The average molecular weight is 365 g/mol. The molecule has 1 amide bonds. The normalized spacial score (nSPS) is 15.7. The first-order valence-corrected chi connectivity index (χ1v) is 8.72. The molecule has 0 aliphatic carbocycles. The number of halogens is 2. The van der Waals surface area contributed by atoms with Crippen molar-refractivity contribution < 1.29 is 23.0 Å². The molecule has 0 aromatic heterocycles. The summed E-state index contributed by atoms with van der Waals surface area (Å²) < 4.78 is 37.9. The number of rotatable bonds is 5. The van der Waals surface area contributed by atoms with E-state index in [0.717, 1.165) is 17.8 Å². The predicted molar refractivity (Wildman–Crippen MR) is 91.1 cm³/mol. The molecular formula is C18H17F2NO3S. The molecule has 1 heterocycles. The molecular weight excluding hydrogens is 348 g/mol. The van der Waals surface area contributed by atoms with E-state index in [1.165, 1.54) is 17.0 Å². The zero-order chi connectivity index (χ0) is 17.8. The average Bonchev–Trinajstić information content (AvgIpc) is 2.60. The number of para-hydroxylation sites is 2. The Labute approximate surface area is 148 Å². The van der Waals surface area contributed by atoms with Gasteiger partial charge in [0.25, 0.3) is 0 Å². The molecule has 0 radical (unpaired) electrons. The Bertz CT molecular complexity index is 772. The van der Waals surface area contributed by atoms with E-state index in [9.17, 15) is 13.6 Å². The van der Waals surface area contributed by atoms with E-state index in [-0.39, 0.29) is 22.7 Å². The SMILES string of the molecule is CN(C[C@H]1COc2ccccc2O1)C(=O)CSc1ccc(F)cc1F. The van der Waals surface area contributed by atoms with E-state index in [2.05, 4.69) is 0 Å². The van der Waals surface area contributed by atoms with E-state index in [0.29, 0.717) is 24.7 Å². The lowest BCUT2D eigenvalue weighted by atomic mass is 10.2. The number of ether oxygens (including phenoxy) is 2. The van der Waals surface area contributed by atoms with Gasteiger partial charge in [0.05, 0.1) is 12.3 Å². The first-order chi connectivity index (χ1) is 12.0. The topological polar surface area (TPSA) is 38.8 Å². The number of carbonyl (C=O) groups excluding carboxylic acids is 1. The van der Waals surface area contributed by atoms with Crippen molar-refractivity contribution in [1.82, 2.24) is 4.90 Å². The van der Waals surface area contributed by atoms with Gasteiger partial charge in [0.2, 0.25) is 5.91 Å². The van der Waals surface area contributed by atoms with Crippen LogP contribution in [0.2, 0.25) is 0 Å². The first kappa shape index (κ1) is 17.5. The van der Waals surface area contributed by atoms with Crippen molar-refractivity contribution in [3.63, 3.8) is 0 Å². The fourth-order valence-electron chi connectivity index (χ4n) is 2.40. The molecule has 7 heteroatoms. The van der Waals surface area contributed by atoms with E-state index >= 15 is 0 Å². The summed E-state index contributed by atoms with van der Waals surface area (Å²) in [6.45, 7) is 0.716. The van der Waals surface area contributed by atoms with Crippen molar-refractivity contribution in [3.05, 3.63) is 54.1 Å². The van der Waals surface area contributed by atoms with Crippen molar-refractivity contribution in [2.45, 2.75) is 11.0 Å². The zero-order valence-electron chi connectivity index (χ0n) is 13.6. The summed E-state index contributed by atoms with van der Waals surface area (Å²) >= 11 is 1.04. The highest BCUT2D eigenvalue weighted by Gasteiger charge is 2.23. The van der Waals surface area contributed by atoms with Gasteiger partial charge in [-0.05, 0) is 24.3 Å². The second kappa shape index (κ2) is 7.74. The predicted octanol–water partition coefficient (Wildman–Crippen LogP) is 3.36. The van der Waals surface area contributed by atoms with Gasteiger partial charge in [0, 0.05) is 18.0 Å². The van der Waals surface area contributed by atoms with Crippen LogP contribution in [0.4, 0.5) is 8.78 Å². The second-order valence-electron chi connectivity index (χ2n) is 5.64. The highest BCUT2D eigenvalue weighted by molar-refractivity contribution is 8.00. The molecule has 1 aliphatic heterocycles. The maximum atomic E-state index is 13.6. The minimum absolute atomic E-state index is 0.0587. The van der Waals surface area contributed by atoms with Gasteiger partial charge in [-0.15, -0.1) is 11.8 Å². The van der Waals surface area contributed by atoms with Gasteiger partial charge in [-0.2, -0.15) is 0 Å². The second-order valence-corrected chi connectivity index (χ2v) is 6.65. The molecule has 0 N–H and O–H groups in total. The third-order valence-electron chi connectivity index (χ3n) is 3.72. The maximum Gasteiger partial charge on any atom is 0.232 e. The Morgan fingerprint density at radius 1 is 1.24 bits per heavy atom. The zero-order valence-corrected chi connectivity index (χ0v) is 14.4. The molecule has 25 heavy (non-hydrogen) atoms. The number of hydrogen-bond donors (Lipinski definition) is 0. The Balaban J connectivity index is 1.51. The lowest BCUT2D eigenvalue weighted by Crippen LogP contribution is -2.42. The quantitative estimate of drug-likeness (QED) is 0.762. The van der Waals surface area contributed by atoms with Gasteiger partial charge < -0.3 is 14.4 Å². The molecule has 0 unspecified atom stereocenters. The van der Waals surface area contributed by atoms with Crippen LogP contribution >= 0.6 is 11.8 Å². The van der Waals surface area contributed by atoms with Crippen molar-refractivity contribution >= 4 is 17.7 Å². The van der Waals surface area contributed by atoms with Crippen LogP contribution < -0.4 is 9.47 Å². The number of thioether (sulfide) groups is 1. The number of likely N-dealkylation sites (N-methyl/N-ethyl adjacent to an activating group) is 1. The smallest absolute Gasteiger partial charge is 0.232 e. The summed E-state index contributed by atoms with van der Waals surface area (Å²) in [5.41, 5.74) is 0. The van der Waals surface area contributed by atoms with Gasteiger partial charge in [0.15, 0.2) is 17.6 Å². The maximum absolute atomic E-state index is 13.6. The van der Waals surface area contributed by atoms with Crippen LogP contribution in [0.1, 0.15) is 0 Å². The van der Waals surface area contributed by atoms with Crippen molar-refractivity contribution in [2.75, 3.05) is 26.0 Å². The lowest BCUT2D eigenvalue weighted by Gasteiger charge is -2.29. The van der Waals surface area contributed by atoms with E-state index in [1.807, 2.05) is 24.3 Å². The fraction of sp³-hybridized carbons (Fsp3) is 0.278. The number of benzene rings is 2. The summed E-state index contributed by atoms with van der Waals surface area (Å²) in [6, 6.07) is 10.7. The molecule has 3 rings (SSSR count). The third kappa shape index (κ3) is 4.42. The highest BCUT2D eigenvalue weighted by atomic mass is 32.2. The van der Waals surface area contributed by atoms with Crippen LogP contribution in [0.25, 0.3) is 0 Å². The largest absolute Gasteiger partial charge is 0.486 e. The summed E-state index contributed by atoms with van der Waals surface area (Å²) in [5, 5.41) is 0. The van der Waals surface area contributed by atoms with Gasteiger partial charge in [-0.1, -0.05) is 12.1 Å². The molecule has 0 saturated carbocycles. The van der Waals surface area contributed by atoms with Crippen molar-refractivity contribution in [1.29, 1.82) is 0 Å².